The number of benzene rings is 1. The maximum Gasteiger partial charge on any atom is 0.248 e. The summed E-state index contributed by atoms with van der Waals surface area (Å²) in [6.45, 7) is 6.17. The third-order valence-electron chi connectivity index (χ3n) is 13.9. The fourth-order valence-corrected chi connectivity index (χ4v) is 12.4. The van der Waals surface area contributed by atoms with Crippen molar-refractivity contribution in [3.63, 3.8) is 0 Å². The van der Waals surface area contributed by atoms with Crippen molar-refractivity contribution in [1.82, 2.24) is 19.6 Å². The van der Waals surface area contributed by atoms with Gasteiger partial charge in [0.2, 0.25) is 27.8 Å². The lowest BCUT2D eigenvalue weighted by Crippen LogP contribution is -2.46. The van der Waals surface area contributed by atoms with Gasteiger partial charge in [-0.1, -0.05) is 38.8 Å². The highest BCUT2D eigenvalue weighted by atomic mass is 32.2. The molecule has 8 rings (SSSR count). The van der Waals surface area contributed by atoms with E-state index in [-0.39, 0.29) is 56.8 Å². The first-order valence-electron chi connectivity index (χ1n) is 23.0. The van der Waals surface area contributed by atoms with E-state index in [4.69, 9.17) is 19.4 Å². The van der Waals surface area contributed by atoms with Crippen LogP contribution < -0.4 is 14.2 Å². The van der Waals surface area contributed by atoms with E-state index in [1.54, 1.807) is 18.4 Å². The van der Waals surface area contributed by atoms with Gasteiger partial charge in [0, 0.05) is 72.8 Å². The number of carbonyl (C=O) groups is 4. The molecule has 16 heteroatoms. The Hall–Kier alpha value is -4.31. The highest BCUT2D eigenvalue weighted by Gasteiger charge is 2.61. The number of thiazole rings is 1. The van der Waals surface area contributed by atoms with Crippen molar-refractivity contribution in [1.29, 1.82) is 0 Å². The lowest BCUT2D eigenvalue weighted by molar-refractivity contribution is -0.144. The molecule has 0 bridgehead atoms. The van der Waals surface area contributed by atoms with Crippen molar-refractivity contribution in [2.24, 2.45) is 29.1 Å². The number of nitrogens with zero attached hydrogens (tertiary/aromatic N) is 3. The van der Waals surface area contributed by atoms with Crippen LogP contribution in [0.25, 0.3) is 22.3 Å². The predicted octanol–water partition coefficient (Wildman–Crippen LogP) is 8.72. The van der Waals surface area contributed by atoms with Crippen LogP contribution >= 0.6 is 11.3 Å². The molecule has 2 aromatic heterocycles. The van der Waals surface area contributed by atoms with Crippen LogP contribution in [0.3, 0.4) is 0 Å². The van der Waals surface area contributed by atoms with Crippen LogP contribution in [0.1, 0.15) is 121 Å². The Kier molecular flexibility index (Phi) is 13.4. The number of allylic oxidation sites excluding steroid dienone is 2. The molecule has 3 aromatic rings. The summed E-state index contributed by atoms with van der Waals surface area (Å²) < 4.78 is 69.9. The van der Waals surface area contributed by atoms with Crippen LogP contribution in [0.5, 0.6) is 11.5 Å². The summed E-state index contributed by atoms with van der Waals surface area (Å²) in [6.07, 6.45) is 7.73. The molecule has 1 saturated heterocycles. The smallest absolute Gasteiger partial charge is 0.248 e. The number of amides is 2. The second-order valence-corrected chi connectivity index (χ2v) is 22.3. The summed E-state index contributed by atoms with van der Waals surface area (Å²) >= 11 is 1.56. The van der Waals surface area contributed by atoms with Gasteiger partial charge in [-0.2, -0.15) is 0 Å². The highest BCUT2D eigenvalue weighted by molar-refractivity contribution is 7.90. The second kappa shape index (κ2) is 18.5. The summed E-state index contributed by atoms with van der Waals surface area (Å²) in [5, 5.41) is 3.00. The van der Waals surface area contributed by atoms with Gasteiger partial charge < -0.3 is 14.4 Å². The molecule has 1 N–H and O–H groups in total. The van der Waals surface area contributed by atoms with Gasteiger partial charge in [-0.3, -0.25) is 23.9 Å². The summed E-state index contributed by atoms with van der Waals surface area (Å²) in [5.41, 5.74) is 1.39. The molecule has 64 heavy (non-hydrogen) atoms. The number of Topliss-reactive ketones (excluding diaryl/α,β-unsaturated/α-hetero) is 2. The summed E-state index contributed by atoms with van der Waals surface area (Å²) in [4.78, 5) is 69.0. The van der Waals surface area contributed by atoms with Crippen molar-refractivity contribution in [3.8, 4) is 22.9 Å². The molecule has 2 aliphatic heterocycles. The van der Waals surface area contributed by atoms with Gasteiger partial charge in [0.1, 0.15) is 23.4 Å². The number of ketones is 2. The van der Waals surface area contributed by atoms with Crippen LogP contribution in [-0.2, 0) is 35.6 Å². The number of aromatic nitrogens is 2. The Labute approximate surface area is 378 Å². The van der Waals surface area contributed by atoms with E-state index < -0.39 is 74.6 Å². The van der Waals surface area contributed by atoms with Crippen molar-refractivity contribution in [3.05, 3.63) is 46.3 Å². The Balaban J connectivity index is 1.14. The first kappa shape index (κ1) is 46.2. The topological polar surface area (TPSA) is 162 Å². The van der Waals surface area contributed by atoms with Crippen LogP contribution in [0.4, 0.5) is 8.78 Å². The molecule has 4 fully saturated rings. The standard InChI is InChI=1S/C48H60F2N4O8S2/c1-28(2)19-43-51-37(27-63-43)36-22-42(35-16-17-41(61-4)29(3)44(35)52-36)62-33-21-38-40(56)25-47(46(58)53-64(59,60)34-14-15-34)24-32(47)13-9-7-5-6-8-11-30(45(57)54(38)26-33)20-39(55)31-12-10-18-48(49,50)23-31/h9,13,16-17,22,27-28,30-34,38H,5-8,10-12,14-15,18-21,23-26H2,1-4H3,(H,53,58)/b13-9-/t30-,31?,32-,33-,38+,47-/m1/s1. The molecular formula is C48H60F2N4O8S2. The largest absolute Gasteiger partial charge is 0.496 e. The Morgan fingerprint density at radius 1 is 1.02 bits per heavy atom. The third kappa shape index (κ3) is 10.1. The number of hydrogen-bond donors (Lipinski definition) is 1. The average Bonchev–Trinajstić information content (AvgIpc) is 4.13. The third-order valence-corrected chi connectivity index (χ3v) is 16.6. The lowest BCUT2D eigenvalue weighted by atomic mass is 9.80. The maximum absolute atomic E-state index is 15.0. The number of halogens is 2. The minimum absolute atomic E-state index is 0.0104. The molecule has 346 valence electrons. The number of pyridine rings is 1. The van der Waals surface area contributed by atoms with Gasteiger partial charge >= 0.3 is 0 Å². The SMILES string of the molecule is COc1ccc2c(O[C@@H]3C[C@H]4C(=O)C[C@]5(C(=O)NS(=O)(=O)C6CC6)C[C@H]5/C=C\CCCCC[C@H](CC(=O)C5CCCC(F)(F)C5)C(=O)N4C3)cc(-c3csc(CC(C)C)n3)nc2c1C. The number of rotatable bonds is 12. The summed E-state index contributed by atoms with van der Waals surface area (Å²) in [6, 6.07) is 4.46. The number of alkyl halides is 2. The quantitative estimate of drug-likeness (QED) is 0.174. The van der Waals surface area contributed by atoms with Gasteiger partial charge in [-0.15, -0.1) is 11.3 Å². The molecule has 6 atom stereocenters. The van der Waals surface area contributed by atoms with Gasteiger partial charge in [0.15, 0.2) is 5.78 Å². The van der Waals surface area contributed by atoms with Gasteiger partial charge in [0.05, 0.1) is 52.3 Å². The average molecular weight is 923 g/mol. The zero-order valence-corrected chi connectivity index (χ0v) is 38.8. The zero-order valence-electron chi connectivity index (χ0n) is 37.2. The molecule has 1 unspecified atom stereocenters. The van der Waals surface area contributed by atoms with E-state index in [1.165, 1.54) is 4.90 Å². The van der Waals surface area contributed by atoms with Crippen molar-refractivity contribution in [2.75, 3.05) is 13.7 Å². The van der Waals surface area contributed by atoms with Crippen LogP contribution in [0.2, 0.25) is 0 Å². The van der Waals surface area contributed by atoms with E-state index >= 15 is 0 Å². The van der Waals surface area contributed by atoms with Crippen LogP contribution in [0, 0.1) is 36.0 Å². The minimum atomic E-state index is -3.90. The van der Waals surface area contributed by atoms with Crippen molar-refractivity contribution in [2.45, 2.75) is 147 Å². The lowest BCUT2D eigenvalue weighted by Gasteiger charge is -2.31. The Morgan fingerprint density at radius 3 is 2.55 bits per heavy atom. The van der Waals surface area contributed by atoms with Gasteiger partial charge in [-0.25, -0.2) is 27.2 Å². The molecule has 0 radical (unpaired) electrons. The Bertz CT molecular complexity index is 2430. The summed E-state index contributed by atoms with van der Waals surface area (Å²) in [5.74, 6) is -5.37. The molecule has 1 aromatic carbocycles. The highest BCUT2D eigenvalue weighted by Crippen LogP contribution is 2.57. The molecular weight excluding hydrogens is 863 g/mol. The number of ether oxygens (including phenoxy) is 2. The fraction of sp³-hybridized carbons (Fsp3) is 0.625. The predicted molar refractivity (Wildman–Crippen MR) is 240 cm³/mol. The normalized spacial score (nSPS) is 28.2. The van der Waals surface area contributed by atoms with E-state index in [2.05, 4.69) is 18.6 Å². The fourth-order valence-electron chi connectivity index (χ4n) is 10.1. The van der Waals surface area contributed by atoms with E-state index in [9.17, 15) is 36.4 Å². The monoisotopic (exact) mass is 922 g/mol. The number of sulfonamides is 1. The molecule has 0 spiro atoms. The zero-order chi connectivity index (χ0) is 45.6. The molecule has 3 aliphatic carbocycles. The number of methoxy groups -OCH3 is 1. The number of hydrogen-bond acceptors (Lipinski definition) is 11. The van der Waals surface area contributed by atoms with Gasteiger partial charge in [-0.05, 0) is 82.3 Å². The molecule has 4 heterocycles. The van der Waals surface area contributed by atoms with E-state index in [0.717, 1.165) is 29.8 Å². The Morgan fingerprint density at radius 2 is 1.81 bits per heavy atom. The van der Waals surface area contributed by atoms with E-state index in [0.29, 0.717) is 78.2 Å². The minimum Gasteiger partial charge on any atom is -0.496 e. The van der Waals surface area contributed by atoms with Crippen molar-refractivity contribution >= 4 is 55.6 Å². The summed E-state index contributed by atoms with van der Waals surface area (Å²) in [7, 11) is -2.31. The second-order valence-electron chi connectivity index (χ2n) is 19.4. The number of aryl methyl sites for hydroxylation is 1. The molecule has 3 saturated carbocycles. The number of nitrogens with one attached hydrogen (secondary N) is 1. The molecule has 12 nitrogen and oxygen atoms in total. The number of fused-ring (bicyclic) bond motifs is 3. The first-order valence-corrected chi connectivity index (χ1v) is 25.5. The van der Waals surface area contributed by atoms with E-state index in [1.807, 2.05) is 42.7 Å². The number of carbonyl (C=O) groups excluding carboxylic acids is 4. The maximum atomic E-state index is 15.0. The van der Waals surface area contributed by atoms with Crippen molar-refractivity contribution < 1.29 is 45.9 Å². The molecule has 2 amide bonds. The first-order chi connectivity index (χ1) is 30.5. The van der Waals surface area contributed by atoms with Crippen LogP contribution in [0.15, 0.2) is 35.7 Å². The van der Waals surface area contributed by atoms with Gasteiger partial charge in [0.25, 0.3) is 0 Å². The molecule has 5 aliphatic rings. The van der Waals surface area contributed by atoms with Crippen LogP contribution in [-0.4, -0.2) is 83.6 Å².